The number of hydrogen-bond acceptors (Lipinski definition) is 3. The average molecular weight is 238 g/mol. The van der Waals surface area contributed by atoms with E-state index in [2.05, 4.69) is 4.74 Å². The summed E-state index contributed by atoms with van der Waals surface area (Å²) < 4.78 is 4.61. The monoisotopic (exact) mass is 237 g/mol. The topological polar surface area (TPSA) is 50.1 Å². The number of benzene rings is 1. The van der Waals surface area contributed by atoms with Gasteiger partial charge in [0.05, 0.1) is 18.7 Å². The van der Waals surface area contributed by atoms with Crippen LogP contribution in [0.3, 0.4) is 0 Å². The maximum absolute atomic E-state index is 11.4. The SMILES string of the molecule is COC(=O)C(C)(Cl)Cc1ccc(C#N)cc1. The number of nitrogens with zero attached hydrogens (tertiary/aromatic N) is 1. The summed E-state index contributed by atoms with van der Waals surface area (Å²) in [5.74, 6) is -0.460. The van der Waals surface area contributed by atoms with Gasteiger partial charge in [-0.1, -0.05) is 12.1 Å². The Morgan fingerprint density at radius 2 is 2.06 bits per heavy atom. The van der Waals surface area contributed by atoms with Crippen molar-refractivity contribution in [2.24, 2.45) is 0 Å². The van der Waals surface area contributed by atoms with Gasteiger partial charge >= 0.3 is 5.97 Å². The molecule has 0 saturated carbocycles. The largest absolute Gasteiger partial charge is 0.468 e. The van der Waals surface area contributed by atoms with Crippen LogP contribution < -0.4 is 0 Å². The smallest absolute Gasteiger partial charge is 0.326 e. The number of rotatable bonds is 3. The number of nitriles is 1. The number of esters is 1. The first-order valence-corrected chi connectivity index (χ1v) is 5.14. The van der Waals surface area contributed by atoms with Crippen molar-refractivity contribution in [3.05, 3.63) is 35.4 Å². The molecular formula is C12H12ClNO2. The minimum absolute atomic E-state index is 0.368. The quantitative estimate of drug-likeness (QED) is 0.599. The Bertz CT molecular complexity index is 418. The molecule has 16 heavy (non-hydrogen) atoms. The van der Waals surface area contributed by atoms with Crippen molar-refractivity contribution in [3.63, 3.8) is 0 Å². The van der Waals surface area contributed by atoms with Gasteiger partial charge in [0.2, 0.25) is 0 Å². The number of ether oxygens (including phenoxy) is 1. The fraction of sp³-hybridized carbons (Fsp3) is 0.333. The second-order valence-electron chi connectivity index (χ2n) is 3.67. The van der Waals surface area contributed by atoms with E-state index in [-0.39, 0.29) is 0 Å². The van der Waals surface area contributed by atoms with E-state index in [1.807, 2.05) is 6.07 Å². The summed E-state index contributed by atoms with van der Waals surface area (Å²) in [5, 5.41) is 8.64. The molecule has 0 aliphatic heterocycles. The molecule has 4 heteroatoms. The molecule has 0 aliphatic carbocycles. The molecule has 1 rings (SSSR count). The second kappa shape index (κ2) is 5.00. The number of hydrogen-bond donors (Lipinski definition) is 0. The van der Waals surface area contributed by atoms with Gasteiger partial charge in [-0.15, -0.1) is 11.6 Å². The van der Waals surface area contributed by atoms with E-state index in [9.17, 15) is 4.79 Å². The lowest BCUT2D eigenvalue weighted by Gasteiger charge is -2.18. The van der Waals surface area contributed by atoms with Crippen molar-refractivity contribution in [3.8, 4) is 6.07 Å². The van der Waals surface area contributed by atoms with Crippen LogP contribution in [-0.4, -0.2) is 18.0 Å². The molecule has 0 aliphatic rings. The molecule has 0 amide bonds. The van der Waals surface area contributed by atoms with Crippen LogP contribution in [-0.2, 0) is 16.0 Å². The lowest BCUT2D eigenvalue weighted by molar-refractivity contribution is -0.143. The third-order valence-electron chi connectivity index (χ3n) is 2.23. The Hall–Kier alpha value is -1.53. The Labute approximate surface area is 99.6 Å². The molecule has 0 saturated heterocycles. The summed E-state index contributed by atoms with van der Waals surface area (Å²) in [6.07, 6.45) is 0.368. The highest BCUT2D eigenvalue weighted by Crippen LogP contribution is 2.22. The molecule has 0 fully saturated rings. The fourth-order valence-electron chi connectivity index (χ4n) is 1.37. The standard InChI is InChI=1S/C12H12ClNO2/c1-12(13,11(15)16-2)7-9-3-5-10(8-14)6-4-9/h3-6H,7H2,1-2H3. The third kappa shape index (κ3) is 2.98. The number of alkyl halides is 1. The van der Waals surface area contributed by atoms with E-state index in [0.29, 0.717) is 12.0 Å². The van der Waals surface area contributed by atoms with E-state index in [1.165, 1.54) is 7.11 Å². The van der Waals surface area contributed by atoms with E-state index in [0.717, 1.165) is 5.56 Å². The highest BCUT2D eigenvalue weighted by molar-refractivity contribution is 6.33. The molecule has 0 N–H and O–H groups in total. The number of carbonyl (C=O) groups excluding carboxylic acids is 1. The molecule has 3 nitrogen and oxygen atoms in total. The summed E-state index contributed by atoms with van der Waals surface area (Å²) in [7, 11) is 1.31. The first kappa shape index (κ1) is 12.5. The van der Waals surface area contributed by atoms with Crippen molar-refractivity contribution < 1.29 is 9.53 Å². The Morgan fingerprint density at radius 3 is 2.50 bits per heavy atom. The average Bonchev–Trinajstić information content (AvgIpc) is 2.28. The number of carbonyl (C=O) groups is 1. The van der Waals surface area contributed by atoms with Crippen LogP contribution in [0.15, 0.2) is 24.3 Å². The third-order valence-corrected chi connectivity index (χ3v) is 2.52. The van der Waals surface area contributed by atoms with E-state index < -0.39 is 10.8 Å². The van der Waals surface area contributed by atoms with Gasteiger partial charge < -0.3 is 4.74 Å². The van der Waals surface area contributed by atoms with Gasteiger partial charge in [0.25, 0.3) is 0 Å². The van der Waals surface area contributed by atoms with Gasteiger partial charge in [-0.05, 0) is 24.6 Å². The predicted octanol–water partition coefficient (Wildman–Crippen LogP) is 2.27. The molecule has 84 valence electrons. The summed E-state index contributed by atoms with van der Waals surface area (Å²) in [6.45, 7) is 1.61. The van der Waals surface area contributed by atoms with Crippen LogP contribution in [0.25, 0.3) is 0 Å². The van der Waals surface area contributed by atoms with E-state index in [1.54, 1.807) is 31.2 Å². The Morgan fingerprint density at radius 1 is 1.50 bits per heavy atom. The van der Waals surface area contributed by atoms with Gasteiger partial charge in [-0.2, -0.15) is 5.26 Å². The Kier molecular flexibility index (Phi) is 3.92. The molecule has 0 bridgehead atoms. The van der Waals surface area contributed by atoms with Crippen molar-refractivity contribution in [2.45, 2.75) is 18.2 Å². The van der Waals surface area contributed by atoms with Crippen LogP contribution in [0.4, 0.5) is 0 Å². The molecule has 0 spiro atoms. The molecule has 0 aromatic heterocycles. The lowest BCUT2D eigenvalue weighted by atomic mass is 9.99. The molecule has 0 radical (unpaired) electrons. The minimum Gasteiger partial charge on any atom is -0.468 e. The summed E-state index contributed by atoms with van der Waals surface area (Å²) in [5.41, 5.74) is 1.47. The fourth-order valence-corrected chi connectivity index (χ4v) is 1.60. The van der Waals surface area contributed by atoms with Crippen molar-refractivity contribution in [1.29, 1.82) is 5.26 Å². The zero-order valence-electron chi connectivity index (χ0n) is 9.16. The van der Waals surface area contributed by atoms with Gasteiger partial charge in [-0.3, -0.25) is 4.79 Å². The first-order valence-electron chi connectivity index (χ1n) is 4.76. The molecule has 1 unspecified atom stereocenters. The first-order chi connectivity index (χ1) is 7.49. The molecule has 0 heterocycles. The molecule has 1 atom stereocenters. The van der Waals surface area contributed by atoms with Crippen LogP contribution in [0.1, 0.15) is 18.1 Å². The maximum Gasteiger partial charge on any atom is 0.326 e. The zero-order valence-corrected chi connectivity index (χ0v) is 9.91. The maximum atomic E-state index is 11.4. The molecule has 1 aromatic rings. The molecule has 1 aromatic carbocycles. The summed E-state index contributed by atoms with van der Waals surface area (Å²) >= 11 is 6.06. The summed E-state index contributed by atoms with van der Waals surface area (Å²) in [4.78, 5) is 10.3. The van der Waals surface area contributed by atoms with Crippen molar-refractivity contribution >= 4 is 17.6 Å². The highest BCUT2D eigenvalue weighted by atomic mass is 35.5. The minimum atomic E-state index is -1.07. The lowest BCUT2D eigenvalue weighted by Crippen LogP contribution is -2.32. The van der Waals surface area contributed by atoms with Crippen LogP contribution in [0.2, 0.25) is 0 Å². The number of methoxy groups -OCH3 is 1. The number of halogens is 1. The second-order valence-corrected chi connectivity index (χ2v) is 4.51. The summed E-state index contributed by atoms with van der Waals surface area (Å²) in [6, 6.07) is 8.97. The zero-order chi connectivity index (χ0) is 12.2. The van der Waals surface area contributed by atoms with Gasteiger partial charge in [0.15, 0.2) is 0 Å². The van der Waals surface area contributed by atoms with Gasteiger partial charge in [-0.25, -0.2) is 0 Å². The van der Waals surface area contributed by atoms with Crippen molar-refractivity contribution in [2.75, 3.05) is 7.11 Å². The van der Waals surface area contributed by atoms with Crippen LogP contribution >= 0.6 is 11.6 Å². The van der Waals surface area contributed by atoms with Crippen molar-refractivity contribution in [1.82, 2.24) is 0 Å². The van der Waals surface area contributed by atoms with Gasteiger partial charge in [0, 0.05) is 6.42 Å². The highest BCUT2D eigenvalue weighted by Gasteiger charge is 2.31. The normalized spacial score (nSPS) is 13.6. The van der Waals surface area contributed by atoms with Crippen LogP contribution in [0.5, 0.6) is 0 Å². The molecular weight excluding hydrogens is 226 g/mol. The van der Waals surface area contributed by atoms with Gasteiger partial charge in [0.1, 0.15) is 4.87 Å². The predicted molar refractivity (Wildman–Crippen MR) is 61.1 cm³/mol. The van der Waals surface area contributed by atoms with E-state index in [4.69, 9.17) is 16.9 Å². The van der Waals surface area contributed by atoms with E-state index >= 15 is 0 Å². The van der Waals surface area contributed by atoms with Crippen LogP contribution in [0, 0.1) is 11.3 Å². The Balaban J connectivity index is 2.81.